The lowest BCUT2D eigenvalue weighted by Gasteiger charge is -2.50. The Morgan fingerprint density at radius 3 is 2.43 bits per heavy atom. The second kappa shape index (κ2) is 11.0. The summed E-state index contributed by atoms with van der Waals surface area (Å²) in [7, 11) is 6.69. The first-order valence-corrected chi connectivity index (χ1v) is 14.3. The van der Waals surface area contributed by atoms with Gasteiger partial charge in [0.2, 0.25) is 5.78 Å². The van der Waals surface area contributed by atoms with Crippen LogP contribution in [-0.4, -0.2) is 119 Å². The summed E-state index contributed by atoms with van der Waals surface area (Å²) in [6.07, 6.45) is 2.62. The Morgan fingerprint density at radius 1 is 1.17 bits per heavy atom. The van der Waals surface area contributed by atoms with Crippen LogP contribution in [0.4, 0.5) is 0 Å². The SMILES string of the molecule is COc1c(CN(C)CCN2CCCC2)cc(O)c2c1C[C@H]1C[C@H]3[C@H](N(C)C)C(O)=C(C(N)=O)C(=O)[C@@]3(O)C(O)=C1C2=O. The highest BCUT2D eigenvalue weighted by atomic mass is 16.5. The van der Waals surface area contributed by atoms with Crippen LogP contribution < -0.4 is 10.5 Å². The van der Waals surface area contributed by atoms with E-state index in [4.69, 9.17) is 10.5 Å². The molecule has 1 aromatic carbocycles. The van der Waals surface area contributed by atoms with Gasteiger partial charge in [0.25, 0.3) is 5.91 Å². The van der Waals surface area contributed by atoms with Crippen molar-refractivity contribution >= 4 is 17.5 Å². The fraction of sp³-hybridized carbons (Fsp3) is 0.567. The van der Waals surface area contributed by atoms with Crippen molar-refractivity contribution in [2.75, 3.05) is 54.4 Å². The van der Waals surface area contributed by atoms with Crippen molar-refractivity contribution in [3.63, 3.8) is 0 Å². The van der Waals surface area contributed by atoms with E-state index in [-0.39, 0.29) is 29.7 Å². The Labute approximate surface area is 244 Å². The number of aliphatic hydroxyl groups is 3. The minimum Gasteiger partial charge on any atom is -0.510 e. The molecule has 0 aromatic heterocycles. The lowest BCUT2D eigenvalue weighted by molar-refractivity contribution is -0.148. The number of Topliss-reactive ketones (excluding diaryl/α,β-unsaturated/α-hetero) is 2. The molecule has 0 spiro atoms. The zero-order chi connectivity index (χ0) is 30.7. The number of allylic oxidation sites excluding steroid dienone is 1. The Balaban J connectivity index is 1.55. The molecule has 42 heavy (non-hydrogen) atoms. The van der Waals surface area contributed by atoms with Crippen LogP contribution in [0.3, 0.4) is 0 Å². The highest BCUT2D eigenvalue weighted by Gasteiger charge is 2.63. The number of amides is 1. The summed E-state index contributed by atoms with van der Waals surface area (Å²) in [5, 5.41) is 45.2. The van der Waals surface area contributed by atoms with Gasteiger partial charge in [0.05, 0.1) is 18.7 Å². The molecule has 1 saturated heterocycles. The quantitative estimate of drug-likeness (QED) is 0.271. The minimum atomic E-state index is -2.66. The smallest absolute Gasteiger partial charge is 0.255 e. The first-order valence-electron chi connectivity index (χ1n) is 14.3. The van der Waals surface area contributed by atoms with Gasteiger partial charge in [-0.25, -0.2) is 0 Å². The summed E-state index contributed by atoms with van der Waals surface area (Å²) >= 11 is 0. The molecule has 1 fully saturated rings. The lowest BCUT2D eigenvalue weighted by Crippen LogP contribution is -2.63. The predicted molar refractivity (Wildman–Crippen MR) is 152 cm³/mol. The van der Waals surface area contributed by atoms with Gasteiger partial charge in [-0.2, -0.15) is 0 Å². The molecule has 1 aromatic rings. The van der Waals surface area contributed by atoms with Gasteiger partial charge >= 0.3 is 0 Å². The summed E-state index contributed by atoms with van der Waals surface area (Å²) in [5.74, 6) is -6.29. The van der Waals surface area contributed by atoms with E-state index in [1.54, 1.807) is 14.1 Å². The number of aromatic hydroxyl groups is 1. The van der Waals surface area contributed by atoms with Crippen LogP contribution in [0.15, 0.2) is 28.7 Å². The molecule has 0 saturated carbocycles. The summed E-state index contributed by atoms with van der Waals surface area (Å²) < 4.78 is 5.80. The molecular formula is C30H40N4O8. The van der Waals surface area contributed by atoms with E-state index in [1.807, 2.05) is 7.05 Å². The third kappa shape index (κ3) is 4.57. The van der Waals surface area contributed by atoms with Crippen LogP contribution >= 0.6 is 0 Å². The number of primary amides is 1. The second-order valence-corrected chi connectivity index (χ2v) is 12.2. The van der Waals surface area contributed by atoms with Gasteiger partial charge in [0, 0.05) is 42.3 Å². The van der Waals surface area contributed by atoms with Crippen molar-refractivity contribution in [3.05, 3.63) is 45.4 Å². The summed E-state index contributed by atoms with van der Waals surface area (Å²) in [6, 6.07) is 0.446. The molecule has 1 amide bonds. The number of nitrogens with zero attached hydrogens (tertiary/aromatic N) is 3. The van der Waals surface area contributed by atoms with E-state index >= 15 is 0 Å². The average molecular weight is 585 g/mol. The van der Waals surface area contributed by atoms with Crippen LogP contribution in [-0.2, 0) is 22.6 Å². The minimum absolute atomic E-state index is 0.0235. The molecule has 6 N–H and O–H groups in total. The molecule has 12 nitrogen and oxygen atoms in total. The number of nitrogens with two attached hydrogens (primary N) is 1. The molecule has 0 bridgehead atoms. The first kappa shape index (κ1) is 30.0. The van der Waals surface area contributed by atoms with Gasteiger partial charge < -0.3 is 40.7 Å². The number of phenols is 1. The highest BCUT2D eigenvalue weighted by Crippen LogP contribution is 2.53. The fourth-order valence-electron chi connectivity index (χ4n) is 7.42. The Bertz CT molecular complexity index is 1400. The third-order valence-corrected chi connectivity index (χ3v) is 9.39. The average Bonchev–Trinajstić information content (AvgIpc) is 3.43. The number of aliphatic hydroxyl groups excluding tert-OH is 2. The maximum Gasteiger partial charge on any atom is 0.255 e. The number of methoxy groups -OCH3 is 1. The van der Waals surface area contributed by atoms with E-state index in [9.17, 15) is 34.8 Å². The number of hydrogen-bond acceptors (Lipinski definition) is 11. The van der Waals surface area contributed by atoms with Gasteiger partial charge in [0.15, 0.2) is 11.4 Å². The van der Waals surface area contributed by atoms with Crippen LogP contribution in [0.2, 0.25) is 0 Å². The predicted octanol–water partition coefficient (Wildman–Crippen LogP) is 0.657. The Morgan fingerprint density at radius 2 is 1.83 bits per heavy atom. The van der Waals surface area contributed by atoms with Crippen LogP contribution in [0.1, 0.15) is 40.7 Å². The normalized spacial score (nSPS) is 27.9. The van der Waals surface area contributed by atoms with Crippen LogP contribution in [0.25, 0.3) is 0 Å². The van der Waals surface area contributed by atoms with E-state index in [0.717, 1.165) is 26.2 Å². The molecule has 1 heterocycles. The van der Waals surface area contributed by atoms with Gasteiger partial charge in [-0.15, -0.1) is 0 Å². The molecule has 5 rings (SSSR count). The van der Waals surface area contributed by atoms with Crippen molar-refractivity contribution in [3.8, 4) is 11.5 Å². The van der Waals surface area contributed by atoms with Crippen molar-refractivity contribution in [2.24, 2.45) is 17.6 Å². The molecule has 4 atom stereocenters. The number of fused-ring (bicyclic) bond motifs is 3. The maximum absolute atomic E-state index is 13.9. The number of ether oxygens (including phenoxy) is 1. The molecular weight excluding hydrogens is 544 g/mol. The third-order valence-electron chi connectivity index (χ3n) is 9.39. The molecule has 228 valence electrons. The number of likely N-dealkylation sites (tertiary alicyclic amines) is 1. The fourth-order valence-corrected chi connectivity index (χ4v) is 7.42. The lowest BCUT2D eigenvalue weighted by atomic mass is 9.58. The molecule has 1 aliphatic heterocycles. The van der Waals surface area contributed by atoms with Crippen molar-refractivity contribution in [1.29, 1.82) is 0 Å². The van der Waals surface area contributed by atoms with E-state index in [0.29, 0.717) is 23.4 Å². The van der Waals surface area contributed by atoms with E-state index in [2.05, 4.69) is 9.80 Å². The molecule has 0 radical (unpaired) electrons. The summed E-state index contributed by atoms with van der Waals surface area (Å²) in [6.45, 7) is 4.40. The van der Waals surface area contributed by atoms with E-state index < -0.39 is 58.0 Å². The first-order chi connectivity index (χ1) is 19.8. The number of rotatable bonds is 8. The van der Waals surface area contributed by atoms with Crippen LogP contribution in [0.5, 0.6) is 11.5 Å². The Kier molecular flexibility index (Phi) is 7.86. The highest BCUT2D eigenvalue weighted by molar-refractivity contribution is 6.24. The number of likely N-dealkylation sites (N-methyl/N-ethyl adjacent to an activating group) is 2. The summed E-state index contributed by atoms with van der Waals surface area (Å²) in [5.41, 5.74) is 2.84. The topological polar surface area (TPSA) is 177 Å². The second-order valence-electron chi connectivity index (χ2n) is 12.2. The van der Waals surface area contributed by atoms with E-state index in [1.165, 1.54) is 30.9 Å². The van der Waals surface area contributed by atoms with Gasteiger partial charge in [0.1, 0.15) is 28.6 Å². The molecule has 4 aliphatic rings. The monoisotopic (exact) mass is 584 g/mol. The van der Waals surface area contributed by atoms with Crippen molar-refractivity contribution < 1.29 is 39.5 Å². The number of carbonyl (C=O) groups is 3. The molecule has 3 aliphatic carbocycles. The number of phenolic OH excluding ortho intramolecular Hbond substituents is 1. The van der Waals surface area contributed by atoms with Gasteiger partial charge in [-0.1, -0.05) is 0 Å². The van der Waals surface area contributed by atoms with Gasteiger partial charge in [-0.3, -0.25) is 19.3 Å². The molecule has 0 unspecified atom stereocenters. The maximum atomic E-state index is 13.9. The van der Waals surface area contributed by atoms with Crippen molar-refractivity contribution in [1.82, 2.24) is 14.7 Å². The number of benzene rings is 1. The van der Waals surface area contributed by atoms with Gasteiger partial charge in [-0.05, 0) is 71.9 Å². The summed E-state index contributed by atoms with van der Waals surface area (Å²) in [4.78, 5) is 45.6. The number of carbonyl (C=O) groups excluding carboxylic acids is 3. The zero-order valence-corrected chi connectivity index (χ0v) is 24.5. The zero-order valence-electron chi connectivity index (χ0n) is 24.5. The standard InChI is InChI=1S/C30H40N4O8/c1-32(2)23-18-12-15-11-17-21(24(36)20(15)27(38)30(18,41)28(39)22(25(23)37)29(31)40)19(35)13-16(26(17)42-4)14-33(3)9-10-34-7-5-6-8-34/h13,15,18,23,35,37-38,41H,5-12,14H2,1-4H3,(H2,31,40)/t15-,18-,23-,30-/m0/s1. The largest absolute Gasteiger partial charge is 0.510 e. The Hall–Kier alpha value is -3.45. The number of ketones is 2. The number of hydrogen-bond donors (Lipinski definition) is 5. The van der Waals surface area contributed by atoms with Crippen LogP contribution in [0, 0.1) is 11.8 Å². The van der Waals surface area contributed by atoms with Crippen molar-refractivity contribution in [2.45, 2.75) is 43.9 Å². The molecule has 12 heteroatoms.